The van der Waals surface area contributed by atoms with E-state index in [4.69, 9.17) is 4.74 Å². The van der Waals surface area contributed by atoms with Crippen LogP contribution in [0.15, 0.2) is 35.3 Å². The molecule has 1 aliphatic rings. The maximum atomic E-state index is 11.6. The van der Waals surface area contributed by atoms with Crippen LogP contribution in [0.1, 0.15) is 12.8 Å². The fourth-order valence-corrected chi connectivity index (χ4v) is 2.97. The van der Waals surface area contributed by atoms with Crippen molar-refractivity contribution >= 4 is 17.6 Å². The van der Waals surface area contributed by atoms with E-state index in [1.54, 1.807) is 7.05 Å². The van der Waals surface area contributed by atoms with Crippen molar-refractivity contribution in [3.05, 3.63) is 30.3 Å². The van der Waals surface area contributed by atoms with Gasteiger partial charge in [0.1, 0.15) is 0 Å². The predicted octanol–water partition coefficient (Wildman–Crippen LogP) is 1.58. The monoisotopic (exact) mass is 332 g/mol. The Bertz CT molecular complexity index is 539. The molecule has 2 rings (SSSR count). The molecule has 1 aromatic carbocycles. The van der Waals surface area contributed by atoms with Crippen molar-refractivity contribution < 1.29 is 9.53 Å². The van der Waals surface area contributed by atoms with Gasteiger partial charge in [0.15, 0.2) is 5.96 Å². The number of hydrogen-bond donors (Lipinski definition) is 1. The predicted molar refractivity (Wildman–Crippen MR) is 97.4 cm³/mol. The highest BCUT2D eigenvalue weighted by molar-refractivity contribution is 5.80. The molecule has 0 bridgehead atoms. The minimum absolute atomic E-state index is 0.0218. The molecule has 1 fully saturated rings. The lowest BCUT2D eigenvalue weighted by Gasteiger charge is -2.33. The van der Waals surface area contributed by atoms with Gasteiger partial charge in [0.25, 0.3) is 0 Å². The van der Waals surface area contributed by atoms with Gasteiger partial charge < -0.3 is 19.9 Å². The van der Waals surface area contributed by atoms with Gasteiger partial charge in [-0.25, -0.2) is 0 Å². The van der Waals surface area contributed by atoms with E-state index in [1.807, 2.05) is 18.2 Å². The Kier molecular flexibility index (Phi) is 6.90. The van der Waals surface area contributed by atoms with Crippen molar-refractivity contribution in [1.82, 2.24) is 10.2 Å². The summed E-state index contributed by atoms with van der Waals surface area (Å²) in [6.07, 6.45) is 1.63. The molecule has 0 spiro atoms. The van der Waals surface area contributed by atoms with E-state index >= 15 is 0 Å². The smallest absolute Gasteiger partial charge is 0.308 e. The van der Waals surface area contributed by atoms with Gasteiger partial charge in [-0.2, -0.15) is 0 Å². The number of piperidine rings is 1. The number of anilines is 1. The molecule has 0 aromatic heterocycles. The Morgan fingerprint density at radius 2 is 2.00 bits per heavy atom. The van der Waals surface area contributed by atoms with E-state index in [0.717, 1.165) is 45.0 Å². The quantitative estimate of drug-likeness (QED) is 0.504. The zero-order valence-corrected chi connectivity index (χ0v) is 14.9. The second-order valence-corrected chi connectivity index (χ2v) is 6.02. The molecular formula is C18H28N4O2. The Hall–Kier alpha value is -2.24. The maximum Gasteiger partial charge on any atom is 0.308 e. The highest BCUT2D eigenvalue weighted by atomic mass is 16.5. The summed E-state index contributed by atoms with van der Waals surface area (Å²) in [4.78, 5) is 20.4. The lowest BCUT2D eigenvalue weighted by Crippen LogP contribution is -2.48. The molecule has 132 valence electrons. The van der Waals surface area contributed by atoms with Crippen LogP contribution >= 0.6 is 0 Å². The van der Waals surface area contributed by atoms with Gasteiger partial charge in [0.2, 0.25) is 0 Å². The van der Waals surface area contributed by atoms with E-state index in [0.29, 0.717) is 0 Å². The molecule has 0 aliphatic carbocycles. The molecule has 0 radical (unpaired) electrons. The van der Waals surface area contributed by atoms with Crippen LogP contribution in [0.2, 0.25) is 0 Å². The van der Waals surface area contributed by atoms with E-state index < -0.39 is 0 Å². The number of methoxy groups -OCH3 is 1. The number of benzene rings is 1. The second-order valence-electron chi connectivity index (χ2n) is 6.02. The van der Waals surface area contributed by atoms with Crippen molar-refractivity contribution in [3.8, 4) is 0 Å². The van der Waals surface area contributed by atoms with Gasteiger partial charge in [-0.15, -0.1) is 0 Å². The summed E-state index contributed by atoms with van der Waals surface area (Å²) in [5, 5.41) is 3.42. The number of rotatable bonds is 5. The molecular weight excluding hydrogens is 304 g/mol. The lowest BCUT2D eigenvalue weighted by atomic mass is 9.97. The highest BCUT2D eigenvalue weighted by Crippen LogP contribution is 2.18. The number of carbonyl (C=O) groups is 1. The second kappa shape index (κ2) is 9.15. The number of ether oxygens (including phenoxy) is 1. The molecule has 1 saturated heterocycles. The molecule has 0 atom stereocenters. The van der Waals surface area contributed by atoms with Gasteiger partial charge in [0.05, 0.1) is 13.0 Å². The summed E-state index contributed by atoms with van der Waals surface area (Å²) < 4.78 is 4.84. The van der Waals surface area contributed by atoms with Crippen LogP contribution in [0.4, 0.5) is 5.69 Å². The Morgan fingerprint density at radius 1 is 1.33 bits per heavy atom. The van der Waals surface area contributed by atoms with Crippen molar-refractivity contribution in [3.63, 3.8) is 0 Å². The third-order valence-corrected chi connectivity index (χ3v) is 4.47. The normalized spacial score (nSPS) is 16.0. The number of aliphatic imine (C=N–C) groups is 1. The van der Waals surface area contributed by atoms with Crippen LogP contribution in [-0.2, 0) is 9.53 Å². The van der Waals surface area contributed by atoms with E-state index in [2.05, 4.69) is 39.3 Å². The van der Waals surface area contributed by atoms with Crippen LogP contribution in [0.3, 0.4) is 0 Å². The summed E-state index contributed by atoms with van der Waals surface area (Å²) in [7, 11) is 5.34. The average molecular weight is 332 g/mol. The number of nitrogens with zero attached hydrogens (tertiary/aromatic N) is 3. The lowest BCUT2D eigenvalue weighted by molar-refractivity contribution is -0.146. The first-order valence-electron chi connectivity index (χ1n) is 8.45. The first kappa shape index (κ1) is 18.1. The number of esters is 1. The van der Waals surface area contributed by atoms with Crippen LogP contribution in [-0.4, -0.2) is 64.2 Å². The van der Waals surface area contributed by atoms with E-state index in [-0.39, 0.29) is 11.9 Å². The number of guanidine groups is 1. The summed E-state index contributed by atoms with van der Waals surface area (Å²) in [6, 6.07) is 10.3. The fourth-order valence-electron chi connectivity index (χ4n) is 2.97. The van der Waals surface area contributed by atoms with Crippen molar-refractivity contribution in [2.24, 2.45) is 10.9 Å². The molecule has 1 N–H and O–H groups in total. The maximum absolute atomic E-state index is 11.6. The van der Waals surface area contributed by atoms with E-state index in [9.17, 15) is 4.79 Å². The highest BCUT2D eigenvalue weighted by Gasteiger charge is 2.26. The number of nitrogens with one attached hydrogen (secondary N) is 1. The molecule has 0 unspecified atom stereocenters. The molecule has 1 heterocycles. The molecule has 6 nitrogen and oxygen atoms in total. The molecule has 1 aromatic rings. The minimum atomic E-state index is -0.0953. The van der Waals surface area contributed by atoms with Gasteiger partial charge in [-0.3, -0.25) is 9.79 Å². The first-order chi connectivity index (χ1) is 11.7. The van der Waals surface area contributed by atoms with Gasteiger partial charge in [-0.05, 0) is 25.0 Å². The molecule has 1 aliphatic heterocycles. The number of carbonyl (C=O) groups excluding carboxylic acids is 1. The number of likely N-dealkylation sites (N-methyl/N-ethyl adjacent to an activating group) is 1. The molecule has 0 amide bonds. The molecule has 6 heteroatoms. The summed E-state index contributed by atoms with van der Waals surface area (Å²) in [5.74, 6) is 0.829. The number of hydrogen-bond acceptors (Lipinski definition) is 4. The largest absolute Gasteiger partial charge is 0.469 e. The molecule has 0 saturated carbocycles. The van der Waals surface area contributed by atoms with Crippen molar-refractivity contribution in [2.45, 2.75) is 12.8 Å². The Balaban J connectivity index is 1.76. The van der Waals surface area contributed by atoms with Crippen LogP contribution < -0.4 is 10.2 Å². The number of para-hydroxylation sites is 1. The van der Waals surface area contributed by atoms with Gasteiger partial charge in [0, 0.05) is 46.0 Å². The SMILES string of the molecule is CN=C(NCCN(C)c1ccccc1)N1CCC(C(=O)OC)CC1. The third kappa shape index (κ3) is 4.88. The Morgan fingerprint density at radius 3 is 2.58 bits per heavy atom. The van der Waals surface area contributed by atoms with Crippen LogP contribution in [0.5, 0.6) is 0 Å². The fraction of sp³-hybridized carbons (Fsp3) is 0.556. The van der Waals surface area contributed by atoms with Crippen molar-refractivity contribution in [2.75, 3.05) is 52.3 Å². The molecule has 24 heavy (non-hydrogen) atoms. The van der Waals surface area contributed by atoms with Crippen molar-refractivity contribution in [1.29, 1.82) is 0 Å². The van der Waals surface area contributed by atoms with Crippen LogP contribution in [0.25, 0.3) is 0 Å². The van der Waals surface area contributed by atoms with Gasteiger partial charge in [-0.1, -0.05) is 18.2 Å². The average Bonchev–Trinajstić information content (AvgIpc) is 2.65. The first-order valence-corrected chi connectivity index (χ1v) is 8.45. The summed E-state index contributed by atoms with van der Waals surface area (Å²) in [5.41, 5.74) is 1.20. The van der Waals surface area contributed by atoms with Crippen LogP contribution in [0, 0.1) is 5.92 Å². The standard InChI is InChI=1S/C18H28N4O2/c1-19-18(22-12-9-15(10-13-22)17(23)24-3)20-11-14-21(2)16-7-5-4-6-8-16/h4-8,15H,9-14H2,1-3H3,(H,19,20). The van der Waals surface area contributed by atoms with Gasteiger partial charge >= 0.3 is 5.97 Å². The minimum Gasteiger partial charge on any atom is -0.469 e. The third-order valence-electron chi connectivity index (χ3n) is 4.47. The zero-order valence-electron chi connectivity index (χ0n) is 14.9. The summed E-state index contributed by atoms with van der Waals surface area (Å²) >= 11 is 0. The number of likely N-dealkylation sites (tertiary alicyclic amines) is 1. The zero-order chi connectivity index (χ0) is 17.4. The Labute approximate surface area is 144 Å². The summed E-state index contributed by atoms with van der Waals surface area (Å²) in [6.45, 7) is 3.36. The topological polar surface area (TPSA) is 57.2 Å². The van der Waals surface area contributed by atoms with E-state index in [1.165, 1.54) is 12.8 Å².